The molecule has 0 saturated heterocycles. The summed E-state index contributed by atoms with van der Waals surface area (Å²) in [7, 11) is 0. The van der Waals surface area contributed by atoms with E-state index in [0.717, 1.165) is 10.8 Å². The molecule has 5 heteroatoms. The van der Waals surface area contributed by atoms with Crippen LogP contribution in [0.2, 0.25) is 0 Å². The molecule has 0 aliphatic carbocycles. The average molecular weight is 270 g/mol. The minimum atomic E-state index is 0.0337. The fraction of sp³-hybridized carbons (Fsp3) is 0.200. The second-order valence-corrected chi connectivity index (χ2v) is 4.57. The number of rotatable bonds is 4. The van der Waals surface area contributed by atoms with Gasteiger partial charge in [0.1, 0.15) is 5.84 Å². The summed E-state index contributed by atoms with van der Waals surface area (Å²) in [5.74, 6) is 1.35. The summed E-state index contributed by atoms with van der Waals surface area (Å²) in [6.45, 7) is 3.91. The van der Waals surface area contributed by atoms with Crippen molar-refractivity contribution in [1.29, 1.82) is 0 Å². The first-order chi connectivity index (χ1) is 9.60. The summed E-state index contributed by atoms with van der Waals surface area (Å²) >= 11 is 0. The Hall–Kier alpha value is -2.56. The Labute approximate surface area is 118 Å². The molecule has 4 N–H and O–H groups in total. The van der Waals surface area contributed by atoms with Crippen LogP contribution in [0.4, 0.5) is 5.82 Å². The molecule has 0 unspecified atom stereocenters. The van der Waals surface area contributed by atoms with Gasteiger partial charge in [-0.3, -0.25) is 0 Å². The van der Waals surface area contributed by atoms with Crippen LogP contribution >= 0.6 is 0 Å². The van der Waals surface area contributed by atoms with E-state index in [9.17, 15) is 0 Å². The van der Waals surface area contributed by atoms with Crippen molar-refractivity contribution in [3.05, 3.63) is 42.6 Å². The average Bonchev–Trinajstić information content (AvgIpc) is 2.38. The van der Waals surface area contributed by atoms with Crippen LogP contribution in [0.25, 0.3) is 10.8 Å². The molecule has 0 saturated carbocycles. The van der Waals surface area contributed by atoms with Crippen LogP contribution < -0.4 is 16.2 Å². The maximum Gasteiger partial charge on any atom is 0.223 e. The summed E-state index contributed by atoms with van der Waals surface area (Å²) in [4.78, 5) is 8.60. The van der Waals surface area contributed by atoms with Gasteiger partial charge in [-0.15, -0.1) is 0 Å². The minimum Gasteiger partial charge on any atom is -0.474 e. The third-order valence-corrected chi connectivity index (χ3v) is 2.55. The van der Waals surface area contributed by atoms with E-state index in [1.54, 1.807) is 0 Å². The molecule has 1 aromatic carbocycles. The van der Waals surface area contributed by atoms with Crippen LogP contribution in [0.3, 0.4) is 0 Å². The highest BCUT2D eigenvalue weighted by atomic mass is 16.5. The number of hydrogen-bond donors (Lipinski definition) is 2. The van der Waals surface area contributed by atoms with Crippen molar-refractivity contribution in [3.8, 4) is 5.88 Å². The predicted molar refractivity (Wildman–Crippen MR) is 82.1 cm³/mol. The fourth-order valence-electron chi connectivity index (χ4n) is 1.79. The fourth-order valence-corrected chi connectivity index (χ4v) is 1.79. The summed E-state index contributed by atoms with van der Waals surface area (Å²) in [5, 5.41) is 1.95. The summed E-state index contributed by atoms with van der Waals surface area (Å²) < 4.78 is 5.75. The Bertz CT molecular complexity index is 662. The van der Waals surface area contributed by atoms with Gasteiger partial charge in [0.05, 0.1) is 6.10 Å². The Morgan fingerprint density at radius 1 is 1.35 bits per heavy atom. The first-order valence-corrected chi connectivity index (χ1v) is 6.39. The van der Waals surface area contributed by atoms with Gasteiger partial charge in [0.25, 0.3) is 0 Å². The molecule has 0 atom stereocenters. The Morgan fingerprint density at radius 3 is 2.80 bits per heavy atom. The summed E-state index contributed by atoms with van der Waals surface area (Å²) in [5.41, 5.74) is 11.0. The van der Waals surface area contributed by atoms with E-state index in [4.69, 9.17) is 16.2 Å². The van der Waals surface area contributed by atoms with Gasteiger partial charge < -0.3 is 16.2 Å². The molecule has 0 amide bonds. The third kappa shape index (κ3) is 3.26. The Balaban J connectivity index is 2.55. The lowest BCUT2D eigenvalue weighted by atomic mass is 10.1. The van der Waals surface area contributed by atoms with Crippen LogP contribution in [0, 0.1) is 0 Å². The number of nitrogens with two attached hydrogens (primary N) is 2. The van der Waals surface area contributed by atoms with Gasteiger partial charge in [-0.25, -0.2) is 4.99 Å². The molecule has 1 aromatic heterocycles. The van der Waals surface area contributed by atoms with Gasteiger partial charge in [0.15, 0.2) is 5.82 Å². The quantitative estimate of drug-likeness (QED) is 0.660. The monoisotopic (exact) mass is 270 g/mol. The topological polar surface area (TPSA) is 86.5 Å². The van der Waals surface area contributed by atoms with Crippen LogP contribution in [0.15, 0.2) is 47.6 Å². The van der Waals surface area contributed by atoms with Crippen molar-refractivity contribution in [3.63, 3.8) is 0 Å². The van der Waals surface area contributed by atoms with E-state index >= 15 is 0 Å². The van der Waals surface area contributed by atoms with Crippen LogP contribution in [-0.2, 0) is 0 Å². The maximum atomic E-state index is 5.75. The highest BCUT2D eigenvalue weighted by Crippen LogP contribution is 2.28. The lowest BCUT2D eigenvalue weighted by Gasteiger charge is -2.12. The standard InChI is InChI=1S/C15H18N4O/c1-10(2)20-15-12-6-4-3-5-11(12)9-14(19-15)18-13(17)7-8-16/h3-10H,16H2,1-2H3,(H2,17,18,19)/b8-7-. The molecule has 2 rings (SSSR count). The van der Waals surface area contributed by atoms with E-state index in [1.165, 1.54) is 12.3 Å². The highest BCUT2D eigenvalue weighted by molar-refractivity contribution is 5.94. The number of aliphatic imine (C=N–C) groups is 1. The van der Waals surface area contributed by atoms with Crippen LogP contribution in [0.1, 0.15) is 13.8 Å². The van der Waals surface area contributed by atoms with Crippen molar-refractivity contribution in [2.24, 2.45) is 16.5 Å². The van der Waals surface area contributed by atoms with Crippen LogP contribution in [0.5, 0.6) is 5.88 Å². The maximum absolute atomic E-state index is 5.75. The zero-order valence-corrected chi connectivity index (χ0v) is 11.6. The van der Waals surface area contributed by atoms with E-state index in [-0.39, 0.29) is 6.10 Å². The Morgan fingerprint density at radius 2 is 2.10 bits per heavy atom. The van der Waals surface area contributed by atoms with Crippen molar-refractivity contribution < 1.29 is 4.74 Å². The molecule has 1 heterocycles. The number of fused-ring (bicyclic) bond motifs is 1. The number of pyridine rings is 1. The molecule has 104 valence electrons. The van der Waals surface area contributed by atoms with Gasteiger partial charge in [-0.2, -0.15) is 4.98 Å². The second-order valence-electron chi connectivity index (χ2n) is 4.57. The highest BCUT2D eigenvalue weighted by Gasteiger charge is 2.08. The van der Waals surface area contributed by atoms with E-state index in [0.29, 0.717) is 17.5 Å². The molecular formula is C15H18N4O. The summed E-state index contributed by atoms with van der Waals surface area (Å²) in [6.07, 6.45) is 2.89. The Kier molecular flexibility index (Phi) is 4.20. The number of ether oxygens (including phenoxy) is 1. The molecule has 0 spiro atoms. The molecule has 0 fully saturated rings. The van der Waals surface area contributed by atoms with Crippen LogP contribution in [-0.4, -0.2) is 16.9 Å². The molecule has 0 aliphatic rings. The van der Waals surface area contributed by atoms with Gasteiger partial charge in [-0.1, -0.05) is 18.2 Å². The number of nitrogens with zero attached hydrogens (tertiary/aromatic N) is 2. The molecule has 20 heavy (non-hydrogen) atoms. The third-order valence-electron chi connectivity index (χ3n) is 2.55. The van der Waals surface area contributed by atoms with Crippen molar-refractivity contribution >= 4 is 22.4 Å². The molecule has 5 nitrogen and oxygen atoms in total. The van der Waals surface area contributed by atoms with E-state index in [2.05, 4.69) is 9.98 Å². The molecule has 0 radical (unpaired) electrons. The lowest BCUT2D eigenvalue weighted by Crippen LogP contribution is -2.09. The largest absolute Gasteiger partial charge is 0.474 e. The smallest absolute Gasteiger partial charge is 0.223 e. The van der Waals surface area contributed by atoms with E-state index < -0.39 is 0 Å². The normalized spacial score (nSPS) is 12.4. The minimum absolute atomic E-state index is 0.0337. The predicted octanol–water partition coefficient (Wildman–Crippen LogP) is 2.48. The zero-order valence-electron chi connectivity index (χ0n) is 11.6. The number of benzene rings is 1. The van der Waals surface area contributed by atoms with Gasteiger partial charge >= 0.3 is 0 Å². The number of amidine groups is 1. The lowest BCUT2D eigenvalue weighted by molar-refractivity contribution is 0.236. The van der Waals surface area contributed by atoms with Crippen molar-refractivity contribution in [1.82, 2.24) is 4.98 Å². The van der Waals surface area contributed by atoms with E-state index in [1.807, 2.05) is 44.2 Å². The number of aromatic nitrogens is 1. The SMILES string of the molecule is CC(C)Oc1nc(/N=C(N)\C=C/N)cc2ccccc12. The van der Waals surface area contributed by atoms with Crippen molar-refractivity contribution in [2.45, 2.75) is 20.0 Å². The first-order valence-electron chi connectivity index (χ1n) is 6.39. The molecular weight excluding hydrogens is 252 g/mol. The molecule has 0 aliphatic heterocycles. The van der Waals surface area contributed by atoms with Gasteiger partial charge in [0, 0.05) is 5.39 Å². The van der Waals surface area contributed by atoms with Gasteiger partial charge in [-0.05, 0) is 43.6 Å². The molecule has 0 bridgehead atoms. The van der Waals surface area contributed by atoms with Gasteiger partial charge in [0.2, 0.25) is 5.88 Å². The van der Waals surface area contributed by atoms with Crippen molar-refractivity contribution in [2.75, 3.05) is 0 Å². The first kappa shape index (κ1) is 13.9. The number of hydrogen-bond acceptors (Lipinski definition) is 4. The second kappa shape index (κ2) is 6.06. The molecule has 2 aromatic rings. The zero-order chi connectivity index (χ0) is 14.5. The summed E-state index contributed by atoms with van der Waals surface area (Å²) in [6, 6.07) is 9.72.